The van der Waals surface area contributed by atoms with Gasteiger partial charge in [-0.2, -0.15) is 4.98 Å². The van der Waals surface area contributed by atoms with Crippen LogP contribution in [0.25, 0.3) is 11.4 Å². The van der Waals surface area contributed by atoms with Crippen molar-refractivity contribution in [3.05, 3.63) is 65.5 Å². The van der Waals surface area contributed by atoms with Crippen molar-refractivity contribution in [2.24, 2.45) is 0 Å². The standard InChI is InChI=1S/C24H27N3O4/c1-16(2)20-10-9-19(13-17(20)3)30-15-22(28)27-11-12-29-14-21(27)24-25-23(26-31-24)18-7-5-4-6-8-18/h4-10,13,16,21H,11-12,14-15H2,1-3H3/t21-/m0/s1. The molecule has 0 unspecified atom stereocenters. The van der Waals surface area contributed by atoms with Crippen LogP contribution in [0.5, 0.6) is 5.75 Å². The Morgan fingerprint density at radius 1 is 1.23 bits per heavy atom. The Morgan fingerprint density at radius 3 is 2.77 bits per heavy atom. The third-order valence-corrected chi connectivity index (χ3v) is 5.43. The molecule has 0 bridgehead atoms. The van der Waals surface area contributed by atoms with E-state index in [1.54, 1.807) is 4.90 Å². The number of carbonyl (C=O) groups is 1. The first kappa shape index (κ1) is 21.1. The number of carbonyl (C=O) groups excluding carboxylic acids is 1. The van der Waals surface area contributed by atoms with Crippen LogP contribution >= 0.6 is 0 Å². The molecule has 1 aromatic heterocycles. The minimum atomic E-state index is -0.431. The number of rotatable bonds is 6. The molecule has 1 aliphatic heterocycles. The van der Waals surface area contributed by atoms with E-state index in [0.29, 0.717) is 43.1 Å². The van der Waals surface area contributed by atoms with Crippen molar-refractivity contribution >= 4 is 5.91 Å². The molecule has 3 aromatic rings. The summed E-state index contributed by atoms with van der Waals surface area (Å²) in [6.07, 6.45) is 0. The van der Waals surface area contributed by atoms with Crippen molar-refractivity contribution in [1.29, 1.82) is 0 Å². The van der Waals surface area contributed by atoms with Crippen LogP contribution < -0.4 is 4.74 Å². The van der Waals surface area contributed by atoms with Crippen LogP contribution in [0, 0.1) is 6.92 Å². The largest absolute Gasteiger partial charge is 0.484 e. The molecule has 1 saturated heterocycles. The molecular weight excluding hydrogens is 394 g/mol. The van der Waals surface area contributed by atoms with Gasteiger partial charge in [0.05, 0.1) is 13.2 Å². The van der Waals surface area contributed by atoms with Crippen LogP contribution in [-0.4, -0.2) is 47.3 Å². The van der Waals surface area contributed by atoms with Gasteiger partial charge in [0.2, 0.25) is 5.82 Å². The highest BCUT2D eigenvalue weighted by molar-refractivity contribution is 5.78. The molecule has 4 rings (SSSR count). The summed E-state index contributed by atoms with van der Waals surface area (Å²) in [7, 11) is 0. The van der Waals surface area contributed by atoms with E-state index >= 15 is 0 Å². The maximum Gasteiger partial charge on any atom is 0.261 e. The average molecular weight is 421 g/mol. The number of morpholine rings is 1. The van der Waals surface area contributed by atoms with Crippen molar-refractivity contribution in [3.8, 4) is 17.1 Å². The van der Waals surface area contributed by atoms with E-state index in [-0.39, 0.29) is 12.5 Å². The summed E-state index contributed by atoms with van der Waals surface area (Å²) in [5, 5.41) is 4.07. The maximum absolute atomic E-state index is 12.9. The number of aromatic nitrogens is 2. The van der Waals surface area contributed by atoms with Gasteiger partial charge in [-0.05, 0) is 36.1 Å². The zero-order valence-corrected chi connectivity index (χ0v) is 18.1. The fraction of sp³-hybridized carbons (Fsp3) is 0.375. The molecule has 1 atom stereocenters. The van der Waals surface area contributed by atoms with Crippen molar-refractivity contribution in [3.63, 3.8) is 0 Å². The molecule has 1 amide bonds. The topological polar surface area (TPSA) is 77.7 Å². The number of ether oxygens (including phenoxy) is 2. The average Bonchev–Trinajstić information content (AvgIpc) is 3.28. The number of benzene rings is 2. The zero-order chi connectivity index (χ0) is 21.8. The number of hydrogen-bond donors (Lipinski definition) is 0. The van der Waals surface area contributed by atoms with Crippen molar-refractivity contribution < 1.29 is 18.8 Å². The molecule has 0 spiro atoms. The highest BCUT2D eigenvalue weighted by Gasteiger charge is 2.33. The molecular formula is C24H27N3O4. The van der Waals surface area contributed by atoms with Crippen LogP contribution in [0.15, 0.2) is 53.1 Å². The van der Waals surface area contributed by atoms with Gasteiger partial charge in [-0.3, -0.25) is 4.79 Å². The van der Waals surface area contributed by atoms with Crippen molar-refractivity contribution in [1.82, 2.24) is 15.0 Å². The van der Waals surface area contributed by atoms with Gasteiger partial charge in [0.1, 0.15) is 11.8 Å². The fourth-order valence-electron chi connectivity index (χ4n) is 3.80. The number of amides is 1. The first-order valence-corrected chi connectivity index (χ1v) is 10.5. The van der Waals surface area contributed by atoms with Crippen LogP contribution in [-0.2, 0) is 9.53 Å². The van der Waals surface area contributed by atoms with E-state index in [2.05, 4.69) is 37.0 Å². The first-order chi connectivity index (χ1) is 15.0. The van der Waals surface area contributed by atoms with Gasteiger partial charge in [0.15, 0.2) is 6.61 Å². The van der Waals surface area contributed by atoms with Crippen LogP contribution in [0.1, 0.15) is 42.8 Å². The lowest BCUT2D eigenvalue weighted by Gasteiger charge is -2.33. The van der Waals surface area contributed by atoms with E-state index < -0.39 is 6.04 Å². The number of hydrogen-bond acceptors (Lipinski definition) is 6. The Hall–Kier alpha value is -3.19. The van der Waals surface area contributed by atoms with Gasteiger partial charge in [0.25, 0.3) is 11.8 Å². The summed E-state index contributed by atoms with van der Waals surface area (Å²) in [4.78, 5) is 19.1. The molecule has 0 N–H and O–H groups in total. The Bertz CT molecular complexity index is 1030. The van der Waals surface area contributed by atoms with E-state index in [1.807, 2.05) is 42.5 Å². The SMILES string of the molecule is Cc1cc(OCC(=O)N2CCOC[C@H]2c2nc(-c3ccccc3)no2)ccc1C(C)C. The third kappa shape index (κ3) is 4.77. The van der Waals surface area contributed by atoms with E-state index in [4.69, 9.17) is 14.0 Å². The van der Waals surface area contributed by atoms with Crippen molar-refractivity contribution in [2.75, 3.05) is 26.4 Å². The molecule has 7 heteroatoms. The van der Waals surface area contributed by atoms with Gasteiger partial charge < -0.3 is 18.9 Å². The first-order valence-electron chi connectivity index (χ1n) is 10.5. The summed E-state index contributed by atoms with van der Waals surface area (Å²) >= 11 is 0. The van der Waals surface area contributed by atoms with Crippen LogP contribution in [0.4, 0.5) is 0 Å². The van der Waals surface area contributed by atoms with Gasteiger partial charge in [-0.15, -0.1) is 0 Å². The number of nitrogens with zero attached hydrogens (tertiary/aromatic N) is 3. The molecule has 162 valence electrons. The molecule has 2 aromatic carbocycles. The maximum atomic E-state index is 12.9. The Balaban J connectivity index is 1.44. The normalized spacial score (nSPS) is 16.5. The third-order valence-electron chi connectivity index (χ3n) is 5.43. The summed E-state index contributed by atoms with van der Waals surface area (Å²) < 4.78 is 16.9. The lowest BCUT2D eigenvalue weighted by Crippen LogP contribution is -2.45. The second-order valence-corrected chi connectivity index (χ2v) is 7.96. The quantitative estimate of drug-likeness (QED) is 0.595. The molecule has 1 aliphatic rings. The number of aryl methyl sites for hydroxylation is 1. The summed E-state index contributed by atoms with van der Waals surface area (Å²) in [5.74, 6) is 1.84. The molecule has 0 aliphatic carbocycles. The molecule has 31 heavy (non-hydrogen) atoms. The smallest absolute Gasteiger partial charge is 0.261 e. The predicted molar refractivity (Wildman–Crippen MR) is 116 cm³/mol. The monoisotopic (exact) mass is 421 g/mol. The fourth-order valence-corrected chi connectivity index (χ4v) is 3.80. The van der Waals surface area contributed by atoms with Crippen LogP contribution in [0.2, 0.25) is 0 Å². The van der Waals surface area contributed by atoms with Gasteiger partial charge in [-0.1, -0.05) is 55.4 Å². The minimum absolute atomic E-state index is 0.0589. The lowest BCUT2D eigenvalue weighted by molar-refractivity contribution is -0.143. The van der Waals surface area contributed by atoms with Crippen LogP contribution in [0.3, 0.4) is 0 Å². The van der Waals surface area contributed by atoms with Gasteiger partial charge >= 0.3 is 0 Å². The van der Waals surface area contributed by atoms with Gasteiger partial charge in [0, 0.05) is 12.1 Å². The summed E-state index contributed by atoms with van der Waals surface area (Å²) in [6.45, 7) is 7.53. The second-order valence-electron chi connectivity index (χ2n) is 7.96. The predicted octanol–water partition coefficient (Wildman–Crippen LogP) is 4.15. The van der Waals surface area contributed by atoms with E-state index in [0.717, 1.165) is 11.1 Å². The Morgan fingerprint density at radius 2 is 2.03 bits per heavy atom. The van der Waals surface area contributed by atoms with Crippen molar-refractivity contribution in [2.45, 2.75) is 32.7 Å². The summed E-state index contributed by atoms with van der Waals surface area (Å²) in [6, 6.07) is 15.1. The Labute approximate surface area is 182 Å². The molecule has 0 saturated carbocycles. The lowest BCUT2D eigenvalue weighted by atomic mass is 9.98. The summed E-state index contributed by atoms with van der Waals surface area (Å²) in [5.41, 5.74) is 3.29. The second kappa shape index (κ2) is 9.31. The molecule has 7 nitrogen and oxygen atoms in total. The molecule has 1 fully saturated rings. The Kier molecular flexibility index (Phi) is 6.32. The highest BCUT2D eigenvalue weighted by atomic mass is 16.5. The zero-order valence-electron chi connectivity index (χ0n) is 18.1. The van der Waals surface area contributed by atoms with E-state index in [9.17, 15) is 4.79 Å². The minimum Gasteiger partial charge on any atom is -0.484 e. The molecule has 0 radical (unpaired) electrons. The highest BCUT2D eigenvalue weighted by Crippen LogP contribution is 2.27. The molecule has 2 heterocycles. The van der Waals surface area contributed by atoms with E-state index in [1.165, 1.54) is 5.56 Å². The van der Waals surface area contributed by atoms with Gasteiger partial charge in [-0.25, -0.2) is 0 Å².